The number of amides is 1. The van der Waals surface area contributed by atoms with Crippen molar-refractivity contribution in [2.24, 2.45) is 0 Å². The predicted octanol–water partition coefficient (Wildman–Crippen LogP) is 4.20. The number of likely N-dealkylation sites (tertiary alicyclic amines) is 1. The number of carbonyl (C=O) groups is 1. The Kier molecular flexibility index (Phi) is 3.56. The lowest BCUT2D eigenvalue weighted by Crippen LogP contribution is -2.28. The van der Waals surface area contributed by atoms with Crippen LogP contribution in [0.5, 0.6) is 11.5 Å². The van der Waals surface area contributed by atoms with Gasteiger partial charge in [-0.3, -0.25) is 4.79 Å². The fourth-order valence-corrected chi connectivity index (χ4v) is 3.89. The normalized spacial score (nSPS) is 18.5. The predicted molar refractivity (Wildman–Crippen MR) is 99.8 cm³/mol. The van der Waals surface area contributed by atoms with E-state index in [9.17, 15) is 4.79 Å². The van der Waals surface area contributed by atoms with Crippen molar-refractivity contribution >= 4 is 16.7 Å². The van der Waals surface area contributed by atoms with Gasteiger partial charge in [0.2, 0.25) is 6.79 Å². The molecule has 1 atom stereocenters. The topological polar surface area (TPSA) is 38.8 Å². The zero-order valence-electron chi connectivity index (χ0n) is 14.4. The zero-order valence-corrected chi connectivity index (χ0v) is 14.4. The molecule has 130 valence electrons. The van der Waals surface area contributed by atoms with Gasteiger partial charge in [-0.05, 0) is 47.0 Å². The summed E-state index contributed by atoms with van der Waals surface area (Å²) in [6.45, 7) is 1.81. The zero-order chi connectivity index (χ0) is 17.5. The quantitative estimate of drug-likeness (QED) is 0.699. The molecule has 1 fully saturated rings. The summed E-state index contributed by atoms with van der Waals surface area (Å²) in [4.78, 5) is 14.9. The number of fused-ring (bicyclic) bond motifs is 2. The highest BCUT2D eigenvalue weighted by Crippen LogP contribution is 2.37. The second-order valence-electron chi connectivity index (χ2n) is 6.91. The van der Waals surface area contributed by atoms with Crippen molar-refractivity contribution in [1.29, 1.82) is 0 Å². The number of carbonyl (C=O) groups excluding carboxylic acids is 1. The third-order valence-electron chi connectivity index (χ3n) is 5.34. The number of nitrogens with zero attached hydrogens (tertiary/aromatic N) is 1. The van der Waals surface area contributed by atoms with Crippen molar-refractivity contribution in [1.82, 2.24) is 4.90 Å². The summed E-state index contributed by atoms with van der Waals surface area (Å²) in [6, 6.07) is 20.2. The van der Waals surface area contributed by atoms with E-state index in [0.29, 0.717) is 5.92 Å². The van der Waals surface area contributed by atoms with Crippen LogP contribution in [-0.2, 0) is 0 Å². The van der Waals surface area contributed by atoms with Crippen molar-refractivity contribution in [2.45, 2.75) is 12.3 Å². The molecule has 1 saturated heterocycles. The maximum absolute atomic E-state index is 12.9. The maximum Gasteiger partial charge on any atom is 0.253 e. The van der Waals surface area contributed by atoms with Gasteiger partial charge < -0.3 is 14.4 Å². The van der Waals surface area contributed by atoms with E-state index >= 15 is 0 Å². The summed E-state index contributed by atoms with van der Waals surface area (Å²) < 4.78 is 10.9. The molecule has 3 aromatic rings. The largest absolute Gasteiger partial charge is 0.454 e. The minimum absolute atomic E-state index is 0.110. The maximum atomic E-state index is 12.9. The molecule has 0 N–H and O–H groups in total. The monoisotopic (exact) mass is 345 g/mol. The van der Waals surface area contributed by atoms with Crippen LogP contribution < -0.4 is 9.47 Å². The molecule has 0 aliphatic carbocycles. The second-order valence-corrected chi connectivity index (χ2v) is 6.91. The highest BCUT2D eigenvalue weighted by molar-refractivity contribution is 5.98. The standard InChI is InChI=1S/C22H19NO3/c24-22(18-6-5-15-3-1-2-4-16(15)11-18)23-10-9-19(13-23)17-7-8-20-21(12-17)26-14-25-20/h1-8,11-12,19H,9-10,13-14H2. The van der Waals surface area contributed by atoms with Crippen LogP contribution in [-0.4, -0.2) is 30.7 Å². The molecule has 0 radical (unpaired) electrons. The van der Waals surface area contributed by atoms with E-state index < -0.39 is 0 Å². The van der Waals surface area contributed by atoms with Gasteiger partial charge in [0.05, 0.1) is 0 Å². The van der Waals surface area contributed by atoms with Gasteiger partial charge in [-0.25, -0.2) is 0 Å². The SMILES string of the molecule is O=C(c1ccc2ccccc2c1)N1CCC(c2ccc3c(c2)OCO3)C1. The molecule has 2 aliphatic rings. The van der Waals surface area contributed by atoms with Gasteiger partial charge in [-0.15, -0.1) is 0 Å². The van der Waals surface area contributed by atoms with E-state index in [2.05, 4.69) is 18.2 Å². The van der Waals surface area contributed by atoms with Crippen LogP contribution in [0.15, 0.2) is 60.7 Å². The molecular formula is C22H19NO3. The van der Waals surface area contributed by atoms with Crippen LogP contribution >= 0.6 is 0 Å². The minimum atomic E-state index is 0.110. The van der Waals surface area contributed by atoms with Gasteiger partial charge in [-0.1, -0.05) is 36.4 Å². The minimum Gasteiger partial charge on any atom is -0.454 e. The van der Waals surface area contributed by atoms with Gasteiger partial charge in [0, 0.05) is 24.6 Å². The van der Waals surface area contributed by atoms with E-state index in [1.807, 2.05) is 47.4 Å². The van der Waals surface area contributed by atoms with Crippen LogP contribution in [0.3, 0.4) is 0 Å². The Morgan fingerprint density at radius 3 is 2.69 bits per heavy atom. The van der Waals surface area contributed by atoms with Crippen LogP contribution in [0.1, 0.15) is 28.3 Å². The van der Waals surface area contributed by atoms with Crippen molar-refractivity contribution in [3.05, 3.63) is 71.8 Å². The number of benzene rings is 3. The smallest absolute Gasteiger partial charge is 0.253 e. The van der Waals surface area contributed by atoms with E-state index in [-0.39, 0.29) is 12.7 Å². The third kappa shape index (κ3) is 2.58. The van der Waals surface area contributed by atoms with Crippen LogP contribution in [0.2, 0.25) is 0 Å². The molecule has 0 saturated carbocycles. The summed E-state index contributed by atoms with van der Waals surface area (Å²) in [5, 5.41) is 2.26. The second kappa shape index (κ2) is 6.06. The number of hydrogen-bond acceptors (Lipinski definition) is 3. The van der Waals surface area contributed by atoms with Crippen molar-refractivity contribution < 1.29 is 14.3 Å². The summed E-state index contributed by atoms with van der Waals surface area (Å²) in [6.07, 6.45) is 0.971. The average Bonchev–Trinajstić information content (AvgIpc) is 3.35. The van der Waals surface area contributed by atoms with Crippen molar-refractivity contribution in [2.75, 3.05) is 19.9 Å². The molecule has 1 amide bonds. The number of ether oxygens (including phenoxy) is 2. The fourth-order valence-electron chi connectivity index (χ4n) is 3.89. The Morgan fingerprint density at radius 2 is 1.77 bits per heavy atom. The molecule has 2 aliphatic heterocycles. The first-order valence-corrected chi connectivity index (χ1v) is 8.95. The first-order chi connectivity index (χ1) is 12.8. The van der Waals surface area contributed by atoms with Crippen molar-refractivity contribution in [3.8, 4) is 11.5 Å². The van der Waals surface area contributed by atoms with Crippen LogP contribution in [0, 0.1) is 0 Å². The first-order valence-electron chi connectivity index (χ1n) is 8.95. The summed E-state index contributed by atoms with van der Waals surface area (Å²) >= 11 is 0. The molecule has 5 rings (SSSR count). The molecule has 26 heavy (non-hydrogen) atoms. The Hall–Kier alpha value is -3.01. The Morgan fingerprint density at radius 1 is 0.923 bits per heavy atom. The lowest BCUT2D eigenvalue weighted by Gasteiger charge is -2.17. The van der Waals surface area contributed by atoms with E-state index in [1.165, 1.54) is 5.56 Å². The van der Waals surface area contributed by atoms with Gasteiger partial charge >= 0.3 is 0 Å². The highest BCUT2D eigenvalue weighted by Gasteiger charge is 2.29. The van der Waals surface area contributed by atoms with Gasteiger partial charge in [-0.2, -0.15) is 0 Å². The lowest BCUT2D eigenvalue weighted by molar-refractivity contribution is 0.0791. The Bertz CT molecular complexity index is 998. The number of hydrogen-bond donors (Lipinski definition) is 0. The van der Waals surface area contributed by atoms with E-state index in [4.69, 9.17) is 9.47 Å². The van der Waals surface area contributed by atoms with Crippen molar-refractivity contribution in [3.63, 3.8) is 0 Å². The van der Waals surface area contributed by atoms with Crippen LogP contribution in [0.4, 0.5) is 0 Å². The molecule has 2 heterocycles. The summed E-state index contributed by atoms with van der Waals surface area (Å²) in [5.74, 6) is 2.06. The van der Waals surface area contributed by atoms with Crippen LogP contribution in [0.25, 0.3) is 10.8 Å². The first kappa shape index (κ1) is 15.3. The fraction of sp³-hybridized carbons (Fsp3) is 0.227. The highest BCUT2D eigenvalue weighted by atomic mass is 16.7. The molecule has 3 aromatic carbocycles. The molecule has 1 unspecified atom stereocenters. The Balaban J connectivity index is 1.35. The Labute approximate surface area is 151 Å². The molecule has 4 nitrogen and oxygen atoms in total. The number of rotatable bonds is 2. The van der Waals surface area contributed by atoms with E-state index in [0.717, 1.165) is 47.3 Å². The van der Waals surface area contributed by atoms with Gasteiger partial charge in [0.15, 0.2) is 11.5 Å². The van der Waals surface area contributed by atoms with Gasteiger partial charge in [0.1, 0.15) is 0 Å². The summed E-state index contributed by atoms with van der Waals surface area (Å²) in [7, 11) is 0. The average molecular weight is 345 g/mol. The summed E-state index contributed by atoms with van der Waals surface area (Å²) in [5.41, 5.74) is 1.97. The van der Waals surface area contributed by atoms with Gasteiger partial charge in [0.25, 0.3) is 5.91 Å². The van der Waals surface area contributed by atoms with E-state index in [1.54, 1.807) is 0 Å². The molecule has 0 aromatic heterocycles. The molecule has 4 heteroatoms. The lowest BCUT2D eigenvalue weighted by atomic mass is 9.98. The third-order valence-corrected chi connectivity index (χ3v) is 5.34. The molecular weight excluding hydrogens is 326 g/mol. The molecule has 0 bridgehead atoms. The molecule has 0 spiro atoms.